The van der Waals surface area contributed by atoms with Gasteiger partial charge in [-0.25, -0.2) is 0 Å². The maximum absolute atomic E-state index is 14.2. The van der Waals surface area contributed by atoms with E-state index in [9.17, 15) is 9.59 Å². The number of fused-ring (bicyclic) bond motifs is 1. The number of hydrogen-bond acceptors (Lipinski definition) is 3. The van der Waals surface area contributed by atoms with Crippen molar-refractivity contribution in [3.8, 4) is 11.1 Å². The summed E-state index contributed by atoms with van der Waals surface area (Å²) in [5, 5.41) is 0.702. The van der Waals surface area contributed by atoms with Crippen LogP contribution in [0.15, 0.2) is 155 Å². The third-order valence-corrected chi connectivity index (χ3v) is 16.9. The Morgan fingerprint density at radius 1 is 0.625 bits per heavy atom. The first-order valence-corrected chi connectivity index (χ1v) is 17.5. The molecular weight excluding hydrogens is 579 g/mol. The van der Waals surface area contributed by atoms with Crippen LogP contribution in [0.1, 0.15) is 10.4 Å². The molecule has 0 radical (unpaired) electrons. The molecule has 0 unspecified atom stereocenters. The monoisotopic (exact) mass is 604 g/mol. The number of carbonyl (C=O) groups excluding carboxylic acids is 1. The SMILES string of the molecule is O=C(CP(Br)(c1ccccc1)(c1ccccc1)c1ccccc1)c1ccc(-c2cc3ccccc3oc2=O)cc1. The van der Waals surface area contributed by atoms with Crippen molar-refractivity contribution in [3.63, 3.8) is 0 Å². The molecule has 1 aromatic heterocycles. The van der Waals surface area contributed by atoms with Gasteiger partial charge >= 0.3 is 242 Å². The zero-order valence-corrected chi connectivity index (χ0v) is 24.1. The van der Waals surface area contributed by atoms with E-state index >= 15 is 0 Å². The minimum atomic E-state index is -3.41. The molecule has 0 saturated carbocycles. The van der Waals surface area contributed by atoms with E-state index in [1.54, 1.807) is 18.2 Å². The Kier molecular flexibility index (Phi) is 6.83. The number of halogens is 1. The van der Waals surface area contributed by atoms with Gasteiger partial charge in [-0.15, -0.1) is 0 Å². The van der Waals surface area contributed by atoms with Crippen LogP contribution in [0, 0.1) is 0 Å². The van der Waals surface area contributed by atoms with Crippen LogP contribution < -0.4 is 21.5 Å². The molecule has 5 heteroatoms. The first-order valence-electron chi connectivity index (χ1n) is 13.0. The summed E-state index contributed by atoms with van der Waals surface area (Å²) >= 11 is 4.36. The van der Waals surface area contributed by atoms with Crippen LogP contribution in [0.25, 0.3) is 22.1 Å². The third-order valence-electron chi connectivity index (χ3n) is 7.48. The first-order chi connectivity index (χ1) is 19.5. The summed E-state index contributed by atoms with van der Waals surface area (Å²) in [6.45, 7) is 0. The quantitative estimate of drug-likeness (QED) is 0.108. The third kappa shape index (κ3) is 4.44. The molecule has 0 aliphatic rings. The standard InChI is InChI=1S/C35H26BrO3P/c36-40(29-13-4-1-5-14-29,30-15-6-2-7-16-30,31-17-8-3-9-18-31)25-33(37)27-22-20-26(21-23-27)32-24-28-12-10-11-19-34(28)39-35(32)38/h1-24H,25H2. The van der Waals surface area contributed by atoms with E-state index < -0.39 is 10.9 Å². The Balaban J connectivity index is 1.45. The maximum atomic E-state index is 14.2. The molecule has 1 heterocycles. The Bertz CT molecular complexity index is 1770. The molecule has 40 heavy (non-hydrogen) atoms. The van der Waals surface area contributed by atoms with Crippen LogP contribution in [0.3, 0.4) is 0 Å². The van der Waals surface area contributed by atoms with E-state index in [1.807, 2.05) is 91.0 Å². The van der Waals surface area contributed by atoms with Crippen molar-refractivity contribution in [1.82, 2.24) is 0 Å². The van der Waals surface area contributed by atoms with Gasteiger partial charge in [-0.1, -0.05) is 0 Å². The summed E-state index contributed by atoms with van der Waals surface area (Å²) in [6.07, 6.45) is 0.265. The van der Waals surface area contributed by atoms with Crippen LogP contribution in [0.2, 0.25) is 0 Å². The average Bonchev–Trinajstić information content (AvgIpc) is 3.02. The van der Waals surface area contributed by atoms with Gasteiger partial charge in [0, 0.05) is 0 Å². The fraction of sp³-hybridized carbons (Fsp3) is 0.0286. The molecule has 0 aliphatic carbocycles. The second-order valence-electron chi connectivity index (χ2n) is 9.83. The molecule has 3 nitrogen and oxygen atoms in total. The summed E-state index contributed by atoms with van der Waals surface area (Å²) in [5.74, 6) is 0.0168. The Hall–Kier alpha value is -4.11. The molecule has 0 atom stereocenters. The second kappa shape index (κ2) is 10.5. The first kappa shape index (κ1) is 26.1. The topological polar surface area (TPSA) is 47.3 Å². The van der Waals surface area contributed by atoms with E-state index in [0.29, 0.717) is 22.3 Å². The van der Waals surface area contributed by atoms with Gasteiger partial charge in [-0.2, -0.15) is 0 Å². The van der Waals surface area contributed by atoms with Crippen LogP contribution >= 0.6 is 20.8 Å². The number of Topliss-reactive ketones (excluding diaryl/α,β-unsaturated/α-hetero) is 1. The molecule has 5 aromatic carbocycles. The van der Waals surface area contributed by atoms with Crippen molar-refractivity contribution >= 4 is 53.5 Å². The van der Waals surface area contributed by atoms with Gasteiger partial charge in [-0.3, -0.25) is 0 Å². The van der Waals surface area contributed by atoms with Gasteiger partial charge in [0.25, 0.3) is 0 Å². The average molecular weight is 605 g/mol. The van der Waals surface area contributed by atoms with Crippen molar-refractivity contribution in [3.05, 3.63) is 162 Å². The van der Waals surface area contributed by atoms with Gasteiger partial charge in [0.15, 0.2) is 0 Å². The fourth-order valence-electron chi connectivity index (χ4n) is 5.40. The van der Waals surface area contributed by atoms with Crippen molar-refractivity contribution in [1.29, 1.82) is 0 Å². The minimum absolute atomic E-state index is 0.0168. The summed E-state index contributed by atoms with van der Waals surface area (Å²) in [7, 11) is 0. The predicted molar refractivity (Wildman–Crippen MR) is 171 cm³/mol. The summed E-state index contributed by atoms with van der Waals surface area (Å²) in [4.78, 5) is 26.9. The number of para-hydroxylation sites is 1. The van der Waals surface area contributed by atoms with Gasteiger partial charge in [0.2, 0.25) is 0 Å². The number of carbonyl (C=O) groups is 1. The van der Waals surface area contributed by atoms with Gasteiger partial charge in [-0.05, 0) is 0 Å². The van der Waals surface area contributed by atoms with E-state index in [4.69, 9.17) is 4.42 Å². The number of hydrogen-bond donors (Lipinski definition) is 0. The fourth-order valence-corrected chi connectivity index (χ4v) is 12.8. The molecule has 0 spiro atoms. The molecule has 0 N–H and O–H groups in total. The molecule has 0 saturated heterocycles. The summed E-state index contributed by atoms with van der Waals surface area (Å²) in [5.41, 5.74) is 1.91. The normalized spacial score (nSPS) is 12.5. The van der Waals surface area contributed by atoms with Crippen molar-refractivity contribution < 1.29 is 9.21 Å². The van der Waals surface area contributed by atoms with Gasteiger partial charge in [0.1, 0.15) is 0 Å². The van der Waals surface area contributed by atoms with Gasteiger partial charge in [0.05, 0.1) is 0 Å². The Morgan fingerprint density at radius 2 is 1.10 bits per heavy atom. The predicted octanol–water partition coefficient (Wildman–Crippen LogP) is 7.48. The molecule has 0 aliphatic heterocycles. The van der Waals surface area contributed by atoms with E-state index in [1.165, 1.54) is 0 Å². The number of ketones is 1. The van der Waals surface area contributed by atoms with E-state index in [-0.39, 0.29) is 11.9 Å². The zero-order valence-electron chi connectivity index (χ0n) is 21.6. The van der Waals surface area contributed by atoms with Gasteiger partial charge < -0.3 is 0 Å². The second-order valence-corrected chi connectivity index (χ2v) is 18.8. The molecular formula is C35H26BrO3P. The van der Waals surface area contributed by atoms with Crippen LogP contribution in [-0.4, -0.2) is 11.9 Å². The molecule has 0 bridgehead atoms. The summed E-state index contributed by atoms with van der Waals surface area (Å²) < 4.78 is 5.53. The van der Waals surface area contributed by atoms with Crippen LogP contribution in [-0.2, 0) is 0 Å². The number of rotatable bonds is 7. The zero-order chi connectivity index (χ0) is 27.6. The van der Waals surface area contributed by atoms with Crippen LogP contribution in [0.5, 0.6) is 0 Å². The Labute approximate surface area is 240 Å². The Morgan fingerprint density at radius 3 is 1.62 bits per heavy atom. The van der Waals surface area contributed by atoms with Crippen molar-refractivity contribution in [2.75, 3.05) is 6.16 Å². The van der Waals surface area contributed by atoms with Crippen molar-refractivity contribution in [2.45, 2.75) is 0 Å². The van der Waals surface area contributed by atoms with Crippen molar-refractivity contribution in [2.24, 2.45) is 0 Å². The van der Waals surface area contributed by atoms with E-state index in [2.05, 4.69) is 51.9 Å². The van der Waals surface area contributed by atoms with E-state index in [0.717, 1.165) is 21.3 Å². The van der Waals surface area contributed by atoms with Crippen LogP contribution in [0.4, 0.5) is 0 Å². The molecule has 196 valence electrons. The summed E-state index contributed by atoms with van der Waals surface area (Å²) in [6, 6.07) is 47.4. The molecule has 0 amide bonds. The molecule has 0 fully saturated rings. The number of benzene rings is 5. The molecule has 6 rings (SSSR count). The molecule has 6 aromatic rings.